The Bertz CT molecular complexity index is 2280. The number of allylic oxidation sites excluding steroid dienone is 2. The molecule has 9 rings (SSSR count). The predicted molar refractivity (Wildman–Crippen MR) is 203 cm³/mol. The van der Waals surface area contributed by atoms with Crippen LogP contribution in [0.1, 0.15) is 11.5 Å². The van der Waals surface area contributed by atoms with Crippen molar-refractivity contribution in [3.05, 3.63) is 200 Å². The van der Waals surface area contributed by atoms with Gasteiger partial charge in [0, 0.05) is 34.4 Å². The minimum atomic E-state index is 0.279. The van der Waals surface area contributed by atoms with Crippen LogP contribution in [0, 0.1) is 0 Å². The molecule has 228 valence electrons. The van der Waals surface area contributed by atoms with Crippen molar-refractivity contribution < 1.29 is 0 Å². The van der Waals surface area contributed by atoms with Crippen LogP contribution in [-0.4, -0.2) is 6.04 Å². The molecule has 0 spiro atoms. The van der Waals surface area contributed by atoms with E-state index in [9.17, 15) is 0 Å². The molecule has 48 heavy (non-hydrogen) atoms. The summed E-state index contributed by atoms with van der Waals surface area (Å²) in [4.78, 5) is 4.84. The van der Waals surface area contributed by atoms with Gasteiger partial charge in [0.15, 0.2) is 0 Å². The van der Waals surface area contributed by atoms with Crippen molar-refractivity contribution in [2.75, 3.05) is 9.80 Å². The molecule has 1 aliphatic heterocycles. The zero-order valence-electron chi connectivity index (χ0n) is 26.5. The Morgan fingerprint density at radius 2 is 1.02 bits per heavy atom. The van der Waals surface area contributed by atoms with Crippen LogP contribution in [0.4, 0.5) is 28.4 Å². The van der Waals surface area contributed by atoms with Crippen molar-refractivity contribution in [2.24, 2.45) is 0 Å². The molecule has 0 aromatic heterocycles. The highest BCUT2D eigenvalue weighted by atomic mass is 15.2. The van der Waals surface area contributed by atoms with E-state index >= 15 is 0 Å². The summed E-state index contributed by atoms with van der Waals surface area (Å²) >= 11 is 0. The Kier molecular flexibility index (Phi) is 6.98. The second-order valence-corrected chi connectivity index (χ2v) is 12.6. The zero-order valence-corrected chi connectivity index (χ0v) is 26.5. The lowest BCUT2D eigenvalue weighted by molar-refractivity contribution is 0.745. The largest absolute Gasteiger partial charge is 0.333 e. The number of benzene rings is 7. The molecule has 1 heterocycles. The van der Waals surface area contributed by atoms with Crippen LogP contribution < -0.4 is 9.80 Å². The third kappa shape index (κ3) is 4.90. The number of hydrogen-bond donors (Lipinski definition) is 0. The summed E-state index contributed by atoms with van der Waals surface area (Å²) in [6, 6.07) is 61.8. The molecule has 0 saturated carbocycles. The Labute approximate surface area is 282 Å². The van der Waals surface area contributed by atoms with Gasteiger partial charge in [-0.25, -0.2) is 0 Å². The van der Waals surface area contributed by atoms with Gasteiger partial charge < -0.3 is 9.80 Å². The maximum Gasteiger partial charge on any atom is 0.0629 e. The van der Waals surface area contributed by atoms with Gasteiger partial charge in [0.2, 0.25) is 0 Å². The minimum absolute atomic E-state index is 0.279. The van der Waals surface area contributed by atoms with Gasteiger partial charge in [0.05, 0.1) is 6.04 Å². The first kappa shape index (κ1) is 28.1. The summed E-state index contributed by atoms with van der Waals surface area (Å²) in [5, 5.41) is 2.52. The number of nitrogens with zero attached hydrogens (tertiary/aromatic N) is 2. The Hall–Kier alpha value is -6.12. The fourth-order valence-electron chi connectivity index (χ4n) is 7.50. The monoisotopic (exact) mass is 614 g/mol. The Morgan fingerprint density at radius 1 is 0.438 bits per heavy atom. The molecule has 2 nitrogen and oxygen atoms in total. The summed E-state index contributed by atoms with van der Waals surface area (Å²) in [6.07, 6.45) is 9.02. The first-order valence-electron chi connectivity index (χ1n) is 16.7. The van der Waals surface area contributed by atoms with E-state index in [4.69, 9.17) is 0 Å². The molecule has 2 aliphatic rings. The zero-order chi connectivity index (χ0) is 31.9. The lowest BCUT2D eigenvalue weighted by Crippen LogP contribution is -2.28. The van der Waals surface area contributed by atoms with E-state index in [2.05, 4.69) is 204 Å². The number of rotatable bonds is 6. The van der Waals surface area contributed by atoms with E-state index in [1.807, 2.05) is 0 Å². The summed E-state index contributed by atoms with van der Waals surface area (Å²) < 4.78 is 0. The average molecular weight is 615 g/mol. The van der Waals surface area contributed by atoms with Gasteiger partial charge in [0.25, 0.3) is 0 Å². The van der Waals surface area contributed by atoms with Crippen LogP contribution in [0.15, 0.2) is 194 Å². The van der Waals surface area contributed by atoms with Crippen LogP contribution in [0.3, 0.4) is 0 Å². The van der Waals surface area contributed by atoms with Crippen molar-refractivity contribution in [1.82, 2.24) is 0 Å². The fraction of sp³-hybridized carbons (Fsp3) is 0.0435. The van der Waals surface area contributed by atoms with Gasteiger partial charge in [-0.1, -0.05) is 140 Å². The van der Waals surface area contributed by atoms with E-state index in [0.717, 1.165) is 17.1 Å². The topological polar surface area (TPSA) is 6.48 Å². The van der Waals surface area contributed by atoms with Crippen molar-refractivity contribution in [2.45, 2.75) is 12.0 Å². The normalized spacial score (nSPS) is 16.1. The molecule has 2 atom stereocenters. The Morgan fingerprint density at radius 3 is 1.79 bits per heavy atom. The SMILES string of the molecule is C1=CC2c3ccccc3N(c3ccc(N(c4ccc(-c5ccccc5)cc4)c4ccc(-c5cccc6ccccc56)cc4)cc3)C2C=C1. The van der Waals surface area contributed by atoms with Crippen LogP contribution in [0.25, 0.3) is 33.0 Å². The van der Waals surface area contributed by atoms with E-state index in [0.29, 0.717) is 5.92 Å². The van der Waals surface area contributed by atoms with Crippen molar-refractivity contribution in [3.8, 4) is 22.3 Å². The van der Waals surface area contributed by atoms with E-state index in [1.165, 1.54) is 50.0 Å². The lowest BCUT2D eigenvalue weighted by Gasteiger charge is -2.30. The van der Waals surface area contributed by atoms with E-state index in [-0.39, 0.29) is 6.04 Å². The van der Waals surface area contributed by atoms with Crippen molar-refractivity contribution in [3.63, 3.8) is 0 Å². The predicted octanol–water partition coefficient (Wildman–Crippen LogP) is 12.4. The maximum atomic E-state index is 2.49. The smallest absolute Gasteiger partial charge is 0.0629 e. The number of fused-ring (bicyclic) bond motifs is 4. The number of para-hydroxylation sites is 1. The number of hydrogen-bond acceptors (Lipinski definition) is 2. The van der Waals surface area contributed by atoms with Crippen molar-refractivity contribution in [1.29, 1.82) is 0 Å². The van der Waals surface area contributed by atoms with Gasteiger partial charge in [-0.3, -0.25) is 0 Å². The standard InChI is InChI=1S/C46H34N2/c1-2-11-33(12-3-1)34-21-25-37(26-22-34)47(38-27-23-36(24-28-38)42-18-10-14-35-13-4-5-15-41(35)42)39-29-31-40(32-30-39)48-45-19-8-6-16-43(45)44-17-7-9-20-46(44)48/h1-32,43,45H. The summed E-state index contributed by atoms with van der Waals surface area (Å²) in [6.45, 7) is 0. The molecule has 7 aromatic carbocycles. The van der Waals surface area contributed by atoms with Gasteiger partial charge in [-0.15, -0.1) is 0 Å². The molecule has 7 aromatic rings. The van der Waals surface area contributed by atoms with Gasteiger partial charge in [0.1, 0.15) is 0 Å². The first-order chi connectivity index (χ1) is 23.8. The molecular weight excluding hydrogens is 581 g/mol. The Balaban J connectivity index is 1.10. The van der Waals surface area contributed by atoms with Crippen LogP contribution in [-0.2, 0) is 0 Å². The minimum Gasteiger partial charge on any atom is -0.333 e. The molecule has 2 heteroatoms. The lowest BCUT2D eigenvalue weighted by atomic mass is 9.91. The molecule has 0 radical (unpaired) electrons. The highest BCUT2D eigenvalue weighted by molar-refractivity contribution is 5.97. The average Bonchev–Trinajstić information content (AvgIpc) is 3.50. The van der Waals surface area contributed by atoms with E-state index < -0.39 is 0 Å². The van der Waals surface area contributed by atoms with Gasteiger partial charge >= 0.3 is 0 Å². The molecule has 2 unspecified atom stereocenters. The first-order valence-corrected chi connectivity index (χ1v) is 16.7. The molecule has 0 bridgehead atoms. The summed E-state index contributed by atoms with van der Waals surface area (Å²) in [5.74, 6) is 0.366. The third-order valence-corrected chi connectivity index (χ3v) is 9.80. The van der Waals surface area contributed by atoms with Crippen LogP contribution in [0.2, 0.25) is 0 Å². The van der Waals surface area contributed by atoms with Gasteiger partial charge in [-0.2, -0.15) is 0 Å². The summed E-state index contributed by atoms with van der Waals surface area (Å²) in [5.41, 5.74) is 12.1. The fourth-order valence-corrected chi connectivity index (χ4v) is 7.50. The maximum absolute atomic E-state index is 2.49. The molecule has 0 saturated heterocycles. The highest BCUT2D eigenvalue weighted by Gasteiger charge is 2.37. The number of anilines is 5. The van der Waals surface area contributed by atoms with Crippen LogP contribution in [0.5, 0.6) is 0 Å². The van der Waals surface area contributed by atoms with Gasteiger partial charge in [-0.05, 0) is 93.2 Å². The summed E-state index contributed by atoms with van der Waals surface area (Å²) in [7, 11) is 0. The molecule has 0 fully saturated rings. The molecular formula is C46H34N2. The second kappa shape index (κ2) is 11.9. The van der Waals surface area contributed by atoms with E-state index in [1.54, 1.807) is 0 Å². The van der Waals surface area contributed by atoms with Crippen LogP contribution >= 0.6 is 0 Å². The van der Waals surface area contributed by atoms with Crippen molar-refractivity contribution >= 4 is 39.2 Å². The molecule has 0 amide bonds. The third-order valence-electron chi connectivity index (χ3n) is 9.80. The molecule has 1 aliphatic carbocycles. The second-order valence-electron chi connectivity index (χ2n) is 12.6. The quantitative estimate of drug-likeness (QED) is 0.184. The molecule has 0 N–H and O–H groups in total. The highest BCUT2D eigenvalue weighted by Crippen LogP contribution is 2.48.